The fourth-order valence-electron chi connectivity index (χ4n) is 8.67. The van der Waals surface area contributed by atoms with Crippen LogP contribution in [0.25, 0.3) is 33.0 Å². The number of nitrogens with one attached hydrogen (secondary N) is 1. The molecule has 0 aromatic heterocycles. The molecule has 2 heteroatoms. The van der Waals surface area contributed by atoms with Gasteiger partial charge in [-0.05, 0) is 139 Å². The Morgan fingerprint density at radius 1 is 0.469 bits per heavy atom. The maximum absolute atomic E-state index is 3.78. The van der Waals surface area contributed by atoms with E-state index in [0.29, 0.717) is 0 Å². The van der Waals surface area contributed by atoms with E-state index in [1.54, 1.807) is 0 Å². The highest BCUT2D eigenvalue weighted by Gasteiger charge is 2.48. The second kappa shape index (κ2) is 10.7. The molecule has 0 saturated carbocycles. The van der Waals surface area contributed by atoms with Crippen LogP contribution in [0.1, 0.15) is 47.2 Å². The zero-order chi connectivity index (χ0) is 33.5. The van der Waals surface area contributed by atoms with E-state index in [4.69, 9.17) is 0 Å². The van der Waals surface area contributed by atoms with Crippen LogP contribution in [0, 0.1) is 0 Å². The van der Waals surface area contributed by atoms with Crippen LogP contribution in [-0.2, 0) is 10.8 Å². The minimum Gasteiger partial charge on any atom is -0.356 e. The Morgan fingerprint density at radius 3 is 1.73 bits per heavy atom. The van der Waals surface area contributed by atoms with E-state index in [-0.39, 0.29) is 5.41 Å². The van der Waals surface area contributed by atoms with Crippen molar-refractivity contribution >= 4 is 32.2 Å². The molecule has 1 nitrogen and oxygen atoms in total. The van der Waals surface area contributed by atoms with Crippen LogP contribution < -0.4 is 5.32 Å². The Labute approximate surface area is 292 Å². The third-order valence-corrected chi connectivity index (χ3v) is 12.8. The predicted molar refractivity (Wildman–Crippen MR) is 212 cm³/mol. The molecule has 0 radical (unpaired) electrons. The number of hydrogen-bond acceptors (Lipinski definition) is 1. The average molecular weight is 652 g/mol. The fraction of sp³-hybridized carbons (Fsp3) is 0.149. The van der Waals surface area contributed by atoms with Gasteiger partial charge in [0.05, 0.1) is 5.41 Å². The fourth-order valence-corrected chi connectivity index (χ4v) is 9.63. The molecule has 2 aliphatic carbocycles. The van der Waals surface area contributed by atoms with Crippen molar-refractivity contribution < 1.29 is 0 Å². The van der Waals surface area contributed by atoms with Crippen LogP contribution in [0.5, 0.6) is 0 Å². The first-order valence-electron chi connectivity index (χ1n) is 17.2. The topological polar surface area (TPSA) is 12.0 Å². The van der Waals surface area contributed by atoms with Crippen LogP contribution in [0.2, 0.25) is 0 Å². The van der Waals surface area contributed by atoms with Crippen molar-refractivity contribution in [2.75, 3.05) is 24.1 Å². The van der Waals surface area contributed by atoms with Gasteiger partial charge >= 0.3 is 0 Å². The van der Waals surface area contributed by atoms with Gasteiger partial charge in [0.25, 0.3) is 0 Å². The second-order valence-electron chi connectivity index (χ2n) is 15.0. The number of fused-ring (bicyclic) bond motifs is 8. The zero-order valence-corrected chi connectivity index (χ0v) is 29.7. The molecule has 0 bridgehead atoms. The molecule has 0 saturated heterocycles. The van der Waals surface area contributed by atoms with Crippen molar-refractivity contribution in [3.63, 3.8) is 0 Å². The lowest BCUT2D eigenvalue weighted by Crippen LogP contribution is -2.28. The highest BCUT2D eigenvalue weighted by Crippen LogP contribution is 2.61. The van der Waals surface area contributed by atoms with Gasteiger partial charge in [-0.2, -0.15) is 0 Å². The Bertz CT molecular complexity index is 2360. The van der Waals surface area contributed by atoms with Gasteiger partial charge < -0.3 is 5.32 Å². The lowest BCUT2D eigenvalue weighted by Gasteiger charge is -2.34. The third-order valence-electron chi connectivity index (χ3n) is 11.1. The summed E-state index contributed by atoms with van der Waals surface area (Å²) < 4.78 is 0. The van der Waals surface area contributed by atoms with Gasteiger partial charge in [0, 0.05) is 16.8 Å². The van der Waals surface area contributed by atoms with Crippen LogP contribution in [-0.4, -0.2) is 18.8 Å². The van der Waals surface area contributed by atoms with Crippen LogP contribution in [0.4, 0.5) is 11.4 Å². The summed E-state index contributed by atoms with van der Waals surface area (Å²) in [4.78, 5) is 1.42. The first-order chi connectivity index (χ1) is 23.7. The molecule has 0 atom stereocenters. The second-order valence-corrected chi connectivity index (χ2v) is 19.2. The van der Waals surface area contributed by atoms with Gasteiger partial charge in [0.1, 0.15) is 0 Å². The zero-order valence-electron chi connectivity index (χ0n) is 28.8. The molecule has 0 fully saturated rings. The number of benzene rings is 7. The molecule has 1 N–H and O–H groups in total. The van der Waals surface area contributed by atoms with Gasteiger partial charge in [-0.1, -0.05) is 117 Å². The van der Waals surface area contributed by atoms with E-state index >= 15 is 0 Å². The predicted octanol–water partition coefficient (Wildman–Crippen LogP) is 12.3. The van der Waals surface area contributed by atoms with Crippen molar-refractivity contribution in [1.29, 1.82) is 0 Å². The van der Waals surface area contributed by atoms with E-state index in [9.17, 15) is 0 Å². The molecular formula is C47H41NS. The first-order valence-corrected chi connectivity index (χ1v) is 20.1. The van der Waals surface area contributed by atoms with Gasteiger partial charge in [0.15, 0.2) is 0 Å². The Kier molecular flexibility index (Phi) is 6.58. The Hall–Kier alpha value is -5.05. The first kappa shape index (κ1) is 30.0. The third kappa shape index (κ3) is 4.40. The molecule has 49 heavy (non-hydrogen) atoms. The number of anilines is 2. The van der Waals surface area contributed by atoms with Gasteiger partial charge in [0.2, 0.25) is 0 Å². The molecule has 7 aromatic carbocycles. The van der Waals surface area contributed by atoms with E-state index in [2.05, 4.69) is 190 Å². The Balaban J connectivity index is 1.32. The maximum atomic E-state index is 3.78. The normalized spacial score (nSPS) is 15.3. The molecular weight excluding hydrogens is 611 g/mol. The van der Waals surface area contributed by atoms with Crippen LogP contribution in [0.3, 0.4) is 0 Å². The smallest absolute Gasteiger partial charge is 0.0714 e. The standard InChI is InChI=1S/C47H41NS/c1-46(2)41-27-20-31-14-12-13-19-37(31)45(41)40-30-44-39(29-42(40)46)38-26-23-35(48-34-21-24-36(25-22-34)49(3,4)5)28-43(38)47(44,32-15-8-6-9-16-32)33-17-10-7-11-18-33/h6-30,48H,1-5H3. The van der Waals surface area contributed by atoms with Crippen molar-refractivity contribution in [3.8, 4) is 22.3 Å². The van der Waals surface area contributed by atoms with E-state index < -0.39 is 15.4 Å². The minimum absolute atomic E-state index is 0.114. The Morgan fingerprint density at radius 2 is 1.06 bits per heavy atom. The number of rotatable bonds is 5. The lowest BCUT2D eigenvalue weighted by molar-refractivity contribution is 0.660. The summed E-state index contributed by atoms with van der Waals surface area (Å²) in [5.74, 6) is 0. The molecule has 0 heterocycles. The molecule has 0 unspecified atom stereocenters. The summed E-state index contributed by atoms with van der Waals surface area (Å²) in [6.45, 7) is 4.80. The van der Waals surface area contributed by atoms with E-state index in [0.717, 1.165) is 11.4 Å². The quantitative estimate of drug-likeness (QED) is 0.195. The highest BCUT2D eigenvalue weighted by atomic mass is 32.3. The maximum Gasteiger partial charge on any atom is 0.0714 e. The SMILES string of the molecule is CC1(C)c2cc3c(cc2-c2c1ccc1ccccc21)C(c1ccccc1)(c1ccccc1)c1cc(Nc2ccc(S(C)(C)C)cc2)ccc1-3. The van der Waals surface area contributed by atoms with Gasteiger partial charge in [-0.15, -0.1) is 0 Å². The van der Waals surface area contributed by atoms with Crippen molar-refractivity contribution in [2.45, 2.75) is 29.6 Å². The monoisotopic (exact) mass is 651 g/mol. The van der Waals surface area contributed by atoms with Crippen molar-refractivity contribution in [2.24, 2.45) is 0 Å². The van der Waals surface area contributed by atoms with Crippen LogP contribution in [0.15, 0.2) is 157 Å². The molecule has 240 valence electrons. The summed E-state index contributed by atoms with van der Waals surface area (Å²) in [5, 5.41) is 6.40. The summed E-state index contributed by atoms with van der Waals surface area (Å²) in [6, 6.07) is 57.0. The lowest BCUT2D eigenvalue weighted by atomic mass is 9.67. The van der Waals surface area contributed by atoms with Crippen LogP contribution >= 0.6 is 10.0 Å². The van der Waals surface area contributed by atoms with E-state index in [1.807, 2.05) is 0 Å². The highest BCUT2D eigenvalue weighted by molar-refractivity contribution is 8.32. The molecule has 0 spiro atoms. The molecule has 2 aliphatic rings. The summed E-state index contributed by atoms with van der Waals surface area (Å²) >= 11 is 0. The van der Waals surface area contributed by atoms with Gasteiger partial charge in [-0.25, -0.2) is 10.0 Å². The summed E-state index contributed by atoms with van der Waals surface area (Å²) in [6.07, 6.45) is 7.04. The van der Waals surface area contributed by atoms with Crippen molar-refractivity contribution in [1.82, 2.24) is 0 Å². The number of hydrogen-bond donors (Lipinski definition) is 1. The molecule has 9 rings (SSSR count). The summed E-state index contributed by atoms with van der Waals surface area (Å²) in [5.41, 5.74) is 15.0. The largest absolute Gasteiger partial charge is 0.356 e. The summed E-state index contributed by atoms with van der Waals surface area (Å²) in [7, 11) is -0.779. The average Bonchev–Trinajstić information content (AvgIpc) is 3.53. The molecule has 7 aromatic rings. The van der Waals surface area contributed by atoms with E-state index in [1.165, 1.54) is 71.3 Å². The molecule has 0 aliphatic heterocycles. The van der Waals surface area contributed by atoms with Gasteiger partial charge in [-0.3, -0.25) is 0 Å². The molecule has 0 amide bonds. The minimum atomic E-state index is -0.779. The van der Waals surface area contributed by atoms with Crippen molar-refractivity contribution in [3.05, 3.63) is 185 Å².